The van der Waals surface area contributed by atoms with Crippen LogP contribution in [0.4, 0.5) is 8.78 Å². The fourth-order valence-corrected chi connectivity index (χ4v) is 1.49. The fraction of sp³-hybridized carbons (Fsp3) is 1.00. The van der Waals surface area contributed by atoms with E-state index in [1.807, 2.05) is 0 Å². The number of nitrogens with two attached hydrogens (primary N) is 1. The molecule has 0 aromatic rings. The van der Waals surface area contributed by atoms with Crippen molar-refractivity contribution in [2.45, 2.75) is 12.5 Å². The van der Waals surface area contributed by atoms with E-state index in [1.165, 1.54) is 0 Å². The average Bonchev–Trinajstić information content (AvgIpc) is 2.24. The maximum atomic E-state index is 11.7. The topological polar surface area (TPSA) is 47.7 Å². The summed E-state index contributed by atoms with van der Waals surface area (Å²) in [5, 5.41) is 0. The number of morpholine rings is 1. The minimum Gasteiger partial charge on any atom is -0.374 e. The Morgan fingerprint density at radius 2 is 2.25 bits per heavy atom. The van der Waals surface area contributed by atoms with E-state index in [0.717, 1.165) is 13.1 Å². The van der Waals surface area contributed by atoms with Gasteiger partial charge in [-0.25, -0.2) is 8.78 Å². The second-order valence-electron chi connectivity index (χ2n) is 3.50. The number of nitrogens with zero attached hydrogens (tertiary/aromatic N) is 1. The molecule has 4 nitrogen and oxygen atoms in total. The quantitative estimate of drug-likeness (QED) is 0.700. The van der Waals surface area contributed by atoms with Crippen molar-refractivity contribution in [3.05, 3.63) is 0 Å². The average molecular weight is 261 g/mol. The third-order valence-electron chi connectivity index (χ3n) is 2.28. The largest absolute Gasteiger partial charge is 0.374 e. The van der Waals surface area contributed by atoms with E-state index < -0.39 is 13.0 Å². The minimum absolute atomic E-state index is 0. The van der Waals surface area contributed by atoms with E-state index >= 15 is 0 Å². The van der Waals surface area contributed by atoms with Crippen LogP contribution in [0.1, 0.15) is 0 Å². The molecule has 1 rings (SSSR count). The predicted molar refractivity (Wildman–Crippen MR) is 59.3 cm³/mol. The van der Waals surface area contributed by atoms with Crippen LogP contribution in [0.5, 0.6) is 0 Å². The van der Waals surface area contributed by atoms with Crippen molar-refractivity contribution in [2.24, 2.45) is 5.73 Å². The second kappa shape index (κ2) is 9.07. The van der Waals surface area contributed by atoms with Crippen molar-refractivity contribution in [3.8, 4) is 0 Å². The van der Waals surface area contributed by atoms with Gasteiger partial charge >= 0.3 is 0 Å². The van der Waals surface area contributed by atoms with Crippen molar-refractivity contribution in [2.75, 3.05) is 46.0 Å². The Balaban J connectivity index is 0.00000225. The summed E-state index contributed by atoms with van der Waals surface area (Å²) in [6.07, 6.45) is -2.32. The number of rotatable bonds is 6. The third-order valence-corrected chi connectivity index (χ3v) is 2.28. The van der Waals surface area contributed by atoms with Crippen LogP contribution in [0.15, 0.2) is 0 Å². The van der Waals surface area contributed by atoms with E-state index in [9.17, 15) is 8.78 Å². The zero-order valence-corrected chi connectivity index (χ0v) is 9.93. The lowest BCUT2D eigenvalue weighted by Crippen LogP contribution is -2.46. The Hall–Kier alpha value is -0.0100. The number of halogens is 3. The van der Waals surface area contributed by atoms with Crippen molar-refractivity contribution in [3.63, 3.8) is 0 Å². The molecule has 2 N–H and O–H groups in total. The van der Waals surface area contributed by atoms with Crippen molar-refractivity contribution in [1.82, 2.24) is 4.90 Å². The summed E-state index contributed by atoms with van der Waals surface area (Å²) in [6, 6.07) is 0. The van der Waals surface area contributed by atoms with E-state index in [1.54, 1.807) is 0 Å². The number of hydrogen-bond donors (Lipinski definition) is 1. The molecule has 1 aliphatic rings. The summed E-state index contributed by atoms with van der Waals surface area (Å²) in [7, 11) is 0. The van der Waals surface area contributed by atoms with Gasteiger partial charge in [-0.1, -0.05) is 0 Å². The molecule has 1 atom stereocenters. The van der Waals surface area contributed by atoms with Crippen LogP contribution in [-0.4, -0.2) is 63.4 Å². The first-order chi connectivity index (χ1) is 7.22. The van der Waals surface area contributed by atoms with Crippen LogP contribution in [0.2, 0.25) is 0 Å². The van der Waals surface area contributed by atoms with Crippen molar-refractivity contribution >= 4 is 12.4 Å². The molecule has 0 saturated carbocycles. The first kappa shape index (κ1) is 16.0. The van der Waals surface area contributed by atoms with Gasteiger partial charge in [0.1, 0.15) is 6.61 Å². The van der Waals surface area contributed by atoms with Crippen LogP contribution in [0, 0.1) is 0 Å². The van der Waals surface area contributed by atoms with Gasteiger partial charge in [-0.15, -0.1) is 12.4 Å². The molecule has 1 aliphatic heterocycles. The first-order valence-electron chi connectivity index (χ1n) is 5.12. The lowest BCUT2D eigenvalue weighted by atomic mass is 10.3. The Morgan fingerprint density at radius 3 is 2.88 bits per heavy atom. The van der Waals surface area contributed by atoms with Gasteiger partial charge in [0.2, 0.25) is 0 Å². The van der Waals surface area contributed by atoms with Gasteiger partial charge in [0, 0.05) is 26.2 Å². The van der Waals surface area contributed by atoms with Gasteiger partial charge in [-0.2, -0.15) is 0 Å². The molecule has 0 aromatic carbocycles. The minimum atomic E-state index is -2.38. The second-order valence-corrected chi connectivity index (χ2v) is 3.50. The van der Waals surface area contributed by atoms with Gasteiger partial charge in [-0.3, -0.25) is 4.90 Å². The molecule has 0 spiro atoms. The predicted octanol–water partition coefficient (Wildman–Crippen LogP) is 0.349. The monoisotopic (exact) mass is 260 g/mol. The molecule has 7 heteroatoms. The van der Waals surface area contributed by atoms with Crippen LogP contribution in [0.3, 0.4) is 0 Å². The number of hydrogen-bond acceptors (Lipinski definition) is 4. The fourth-order valence-electron chi connectivity index (χ4n) is 1.49. The van der Waals surface area contributed by atoms with Crippen LogP contribution in [0.25, 0.3) is 0 Å². The van der Waals surface area contributed by atoms with E-state index in [2.05, 4.69) is 4.90 Å². The summed E-state index contributed by atoms with van der Waals surface area (Å²) >= 11 is 0. The highest BCUT2D eigenvalue weighted by molar-refractivity contribution is 5.85. The maximum absolute atomic E-state index is 11.7. The van der Waals surface area contributed by atoms with Gasteiger partial charge in [0.15, 0.2) is 0 Å². The Bertz CT molecular complexity index is 178. The molecule has 0 amide bonds. The molecule has 0 bridgehead atoms. The number of ether oxygens (including phenoxy) is 2. The molecule has 1 saturated heterocycles. The van der Waals surface area contributed by atoms with Crippen molar-refractivity contribution < 1.29 is 18.3 Å². The first-order valence-corrected chi connectivity index (χ1v) is 5.12. The molecule has 1 unspecified atom stereocenters. The van der Waals surface area contributed by atoms with E-state index in [4.69, 9.17) is 15.2 Å². The Morgan fingerprint density at radius 1 is 1.50 bits per heavy atom. The normalized spacial score (nSPS) is 22.1. The van der Waals surface area contributed by atoms with Crippen LogP contribution in [-0.2, 0) is 9.47 Å². The summed E-state index contributed by atoms with van der Waals surface area (Å²) in [5.41, 5.74) is 5.48. The standard InChI is InChI=1S/C9H18F2N2O2.ClH/c10-9(11)7-14-3-1-13-2-4-15-8(5-12)6-13;/h8-9H,1-7,12H2;1H. The third kappa shape index (κ3) is 6.55. The smallest absolute Gasteiger partial charge is 0.261 e. The van der Waals surface area contributed by atoms with E-state index in [0.29, 0.717) is 26.3 Å². The highest BCUT2D eigenvalue weighted by Gasteiger charge is 2.18. The summed E-state index contributed by atoms with van der Waals surface area (Å²) < 4.78 is 33.7. The van der Waals surface area contributed by atoms with E-state index in [-0.39, 0.29) is 18.5 Å². The zero-order chi connectivity index (χ0) is 11.1. The molecule has 98 valence electrons. The maximum Gasteiger partial charge on any atom is 0.261 e. The van der Waals surface area contributed by atoms with Gasteiger partial charge < -0.3 is 15.2 Å². The molecule has 0 aromatic heterocycles. The zero-order valence-electron chi connectivity index (χ0n) is 9.11. The molecule has 0 aliphatic carbocycles. The summed E-state index contributed by atoms with van der Waals surface area (Å²) in [4.78, 5) is 2.12. The number of alkyl halides is 2. The Labute approximate surface area is 100 Å². The molecule has 0 radical (unpaired) electrons. The van der Waals surface area contributed by atoms with Gasteiger partial charge in [0.25, 0.3) is 6.43 Å². The molecular weight excluding hydrogens is 242 g/mol. The highest BCUT2D eigenvalue weighted by Crippen LogP contribution is 2.03. The molecule has 1 fully saturated rings. The lowest BCUT2D eigenvalue weighted by molar-refractivity contribution is -0.0392. The molecule has 1 heterocycles. The summed E-state index contributed by atoms with van der Waals surface area (Å²) in [5.74, 6) is 0. The molecule has 16 heavy (non-hydrogen) atoms. The van der Waals surface area contributed by atoms with Gasteiger partial charge in [-0.05, 0) is 0 Å². The van der Waals surface area contributed by atoms with Crippen LogP contribution < -0.4 is 5.73 Å². The SMILES string of the molecule is Cl.NCC1CN(CCOCC(F)F)CCO1. The summed E-state index contributed by atoms with van der Waals surface area (Å²) in [6.45, 7) is 3.23. The highest BCUT2D eigenvalue weighted by atomic mass is 35.5. The molecular formula is C9H19ClF2N2O2. The van der Waals surface area contributed by atoms with Crippen molar-refractivity contribution in [1.29, 1.82) is 0 Å². The van der Waals surface area contributed by atoms with Gasteiger partial charge in [0.05, 0.1) is 19.3 Å². The van der Waals surface area contributed by atoms with Crippen LogP contribution >= 0.6 is 12.4 Å². The lowest BCUT2D eigenvalue weighted by Gasteiger charge is -2.32. The Kier molecular flexibility index (Phi) is 9.06.